The highest BCUT2D eigenvalue weighted by atomic mass is 16.6. The maximum atomic E-state index is 10.4. The summed E-state index contributed by atoms with van der Waals surface area (Å²) < 4.78 is 6.06. The number of benzene rings is 4. The van der Waals surface area contributed by atoms with Crippen LogP contribution in [0.15, 0.2) is 121 Å². The van der Waals surface area contributed by atoms with E-state index in [4.69, 9.17) is 4.74 Å². The Balaban J connectivity index is 1.45. The summed E-state index contributed by atoms with van der Waals surface area (Å²) in [5, 5.41) is 10.4. The molecule has 1 unspecified atom stereocenters. The summed E-state index contributed by atoms with van der Waals surface area (Å²) in [5.41, 5.74) is 5.24. The van der Waals surface area contributed by atoms with Gasteiger partial charge in [-0.1, -0.05) is 128 Å². The van der Waals surface area contributed by atoms with Crippen molar-refractivity contribution in [1.29, 1.82) is 0 Å². The molecule has 2 aliphatic heterocycles. The van der Waals surface area contributed by atoms with E-state index >= 15 is 0 Å². The van der Waals surface area contributed by atoms with Gasteiger partial charge in [0.2, 0.25) is 0 Å². The standard InChI is InChI=1S/C38H44N2O2/c1-2-37(41)42-29-33-25-38(34-21-13-6-14-22-34)36(24-23-35(33)40(38)28-32-19-11-5-12-20-32)39(26-30-15-7-3-8-16-30)27-31-17-9-4-10-18-31/h3-22,33,35-37,41H,2,23-29H2,1H3/t33-,35-,36+,37?,38+/m0/s1. The van der Waals surface area contributed by atoms with E-state index in [1.54, 1.807) is 0 Å². The topological polar surface area (TPSA) is 35.9 Å². The van der Waals surface area contributed by atoms with Crippen LogP contribution in [0.25, 0.3) is 0 Å². The lowest BCUT2D eigenvalue weighted by Gasteiger charge is -2.54. The van der Waals surface area contributed by atoms with Crippen LogP contribution in [0.5, 0.6) is 0 Å². The molecule has 4 aromatic rings. The van der Waals surface area contributed by atoms with E-state index < -0.39 is 6.29 Å². The molecule has 2 saturated heterocycles. The molecule has 4 nitrogen and oxygen atoms in total. The molecule has 0 amide bonds. The van der Waals surface area contributed by atoms with Crippen molar-refractivity contribution in [2.75, 3.05) is 6.61 Å². The average Bonchev–Trinajstić information content (AvgIpc) is 3.23. The predicted octanol–water partition coefficient (Wildman–Crippen LogP) is 7.38. The zero-order chi connectivity index (χ0) is 28.8. The van der Waals surface area contributed by atoms with Crippen molar-refractivity contribution in [3.63, 3.8) is 0 Å². The molecule has 0 aliphatic carbocycles. The van der Waals surface area contributed by atoms with E-state index in [-0.39, 0.29) is 5.54 Å². The third-order valence-corrected chi connectivity index (χ3v) is 9.54. The second-order valence-corrected chi connectivity index (χ2v) is 12.1. The van der Waals surface area contributed by atoms with Crippen LogP contribution in [0.3, 0.4) is 0 Å². The van der Waals surface area contributed by atoms with Crippen LogP contribution < -0.4 is 0 Å². The van der Waals surface area contributed by atoms with Gasteiger partial charge in [-0.2, -0.15) is 0 Å². The van der Waals surface area contributed by atoms with Crippen LogP contribution in [-0.2, 0) is 29.9 Å². The van der Waals surface area contributed by atoms with Gasteiger partial charge in [0.1, 0.15) is 0 Å². The Morgan fingerprint density at radius 1 is 0.762 bits per heavy atom. The minimum atomic E-state index is -0.704. The zero-order valence-corrected chi connectivity index (χ0v) is 24.8. The van der Waals surface area contributed by atoms with E-state index in [0.717, 1.165) is 38.9 Å². The molecule has 2 bridgehead atoms. The van der Waals surface area contributed by atoms with Gasteiger partial charge >= 0.3 is 0 Å². The van der Waals surface area contributed by atoms with Gasteiger partial charge in [0.15, 0.2) is 6.29 Å². The largest absolute Gasteiger partial charge is 0.368 e. The lowest BCUT2D eigenvalue weighted by atomic mass is 9.75. The summed E-state index contributed by atoms with van der Waals surface area (Å²) in [6, 6.07) is 44.8. The fourth-order valence-corrected chi connectivity index (χ4v) is 7.65. The third-order valence-electron chi connectivity index (χ3n) is 9.54. The maximum Gasteiger partial charge on any atom is 0.154 e. The van der Waals surface area contributed by atoms with E-state index in [9.17, 15) is 5.11 Å². The SMILES string of the molecule is CCC(O)OC[C@@H]1C[C@@]2(c3ccccc3)[C@H](N(Cc3ccccc3)Cc3ccccc3)CC[C@@H]1N2Cc1ccccc1. The third kappa shape index (κ3) is 6.09. The molecular formula is C38H44N2O2. The van der Waals surface area contributed by atoms with Gasteiger partial charge in [-0.3, -0.25) is 9.80 Å². The quantitative estimate of drug-likeness (QED) is 0.183. The molecule has 0 aromatic heterocycles. The monoisotopic (exact) mass is 560 g/mol. The van der Waals surface area contributed by atoms with Crippen molar-refractivity contribution in [3.05, 3.63) is 144 Å². The van der Waals surface area contributed by atoms with Crippen molar-refractivity contribution in [1.82, 2.24) is 9.80 Å². The molecule has 0 radical (unpaired) electrons. The first kappa shape index (κ1) is 28.8. The van der Waals surface area contributed by atoms with Gasteiger partial charge in [0.25, 0.3) is 0 Å². The second kappa shape index (κ2) is 13.4. The van der Waals surface area contributed by atoms with Crippen molar-refractivity contribution < 1.29 is 9.84 Å². The molecule has 218 valence electrons. The predicted molar refractivity (Wildman–Crippen MR) is 169 cm³/mol. The molecule has 5 atom stereocenters. The molecule has 0 spiro atoms. The Hall–Kier alpha value is -3.28. The number of rotatable bonds is 12. The zero-order valence-electron chi connectivity index (χ0n) is 24.8. The first-order valence-corrected chi connectivity index (χ1v) is 15.6. The number of fused-ring (bicyclic) bond motifs is 2. The van der Waals surface area contributed by atoms with Crippen LogP contribution in [0, 0.1) is 5.92 Å². The van der Waals surface area contributed by atoms with E-state index in [1.807, 2.05) is 6.92 Å². The second-order valence-electron chi connectivity index (χ2n) is 12.1. The molecule has 2 fully saturated rings. The number of aliphatic hydroxyl groups excluding tert-OH is 1. The Kier molecular flexibility index (Phi) is 9.16. The van der Waals surface area contributed by atoms with E-state index in [2.05, 4.69) is 131 Å². The fraction of sp³-hybridized carbons (Fsp3) is 0.368. The minimum absolute atomic E-state index is 0.186. The summed E-state index contributed by atoms with van der Waals surface area (Å²) in [7, 11) is 0. The molecule has 1 N–H and O–H groups in total. The number of aliphatic hydroxyl groups is 1. The summed E-state index contributed by atoms with van der Waals surface area (Å²) in [4.78, 5) is 5.57. The Bertz CT molecular complexity index is 1330. The number of piperidine rings is 1. The summed E-state index contributed by atoms with van der Waals surface area (Å²) in [6.45, 7) is 5.26. The van der Waals surface area contributed by atoms with Gasteiger partial charge < -0.3 is 9.84 Å². The molecule has 4 heteroatoms. The van der Waals surface area contributed by atoms with Crippen LogP contribution >= 0.6 is 0 Å². The Labute approximate surface area is 251 Å². The normalized spacial score (nSPS) is 24.6. The van der Waals surface area contributed by atoms with Crippen LogP contribution in [-0.4, -0.2) is 39.9 Å². The Morgan fingerprint density at radius 3 is 1.83 bits per heavy atom. The molecule has 2 heterocycles. The first-order chi connectivity index (χ1) is 20.7. The number of ether oxygens (including phenoxy) is 1. The molecule has 2 aliphatic rings. The van der Waals surface area contributed by atoms with Crippen LogP contribution in [0.1, 0.15) is 54.9 Å². The first-order valence-electron chi connectivity index (χ1n) is 15.6. The minimum Gasteiger partial charge on any atom is -0.368 e. The summed E-state index contributed by atoms with van der Waals surface area (Å²) >= 11 is 0. The molecular weight excluding hydrogens is 516 g/mol. The number of nitrogens with zero attached hydrogens (tertiary/aromatic N) is 2. The molecule has 4 aromatic carbocycles. The van der Waals surface area contributed by atoms with Gasteiger partial charge in [-0.15, -0.1) is 0 Å². The number of hydrogen-bond acceptors (Lipinski definition) is 4. The molecule has 42 heavy (non-hydrogen) atoms. The highest BCUT2D eigenvalue weighted by molar-refractivity contribution is 5.33. The van der Waals surface area contributed by atoms with E-state index in [1.165, 1.54) is 22.3 Å². The van der Waals surface area contributed by atoms with Gasteiger partial charge in [-0.05, 0) is 47.9 Å². The van der Waals surface area contributed by atoms with Gasteiger partial charge in [0.05, 0.1) is 12.1 Å². The lowest BCUT2D eigenvalue weighted by molar-refractivity contribution is -0.113. The molecule has 6 rings (SSSR count). The smallest absolute Gasteiger partial charge is 0.154 e. The fourth-order valence-electron chi connectivity index (χ4n) is 7.65. The highest BCUT2D eigenvalue weighted by Gasteiger charge is 2.60. The number of hydrogen-bond donors (Lipinski definition) is 1. The van der Waals surface area contributed by atoms with Crippen LogP contribution in [0.4, 0.5) is 0 Å². The van der Waals surface area contributed by atoms with Gasteiger partial charge in [0, 0.05) is 37.6 Å². The molecule has 0 saturated carbocycles. The van der Waals surface area contributed by atoms with Crippen molar-refractivity contribution >= 4 is 0 Å². The lowest BCUT2D eigenvalue weighted by Crippen LogP contribution is -2.61. The summed E-state index contributed by atoms with van der Waals surface area (Å²) in [6.07, 6.45) is 3.15. The van der Waals surface area contributed by atoms with Gasteiger partial charge in [-0.25, -0.2) is 0 Å². The summed E-state index contributed by atoms with van der Waals surface area (Å²) in [5.74, 6) is 0.343. The van der Waals surface area contributed by atoms with E-state index in [0.29, 0.717) is 31.0 Å². The maximum absolute atomic E-state index is 10.4. The highest BCUT2D eigenvalue weighted by Crippen LogP contribution is 2.55. The average molecular weight is 561 g/mol. The van der Waals surface area contributed by atoms with Crippen molar-refractivity contribution in [2.45, 2.75) is 76.2 Å². The van der Waals surface area contributed by atoms with Crippen LogP contribution in [0.2, 0.25) is 0 Å². The Morgan fingerprint density at radius 2 is 1.29 bits per heavy atom. The van der Waals surface area contributed by atoms with Crippen molar-refractivity contribution in [2.24, 2.45) is 5.92 Å². The van der Waals surface area contributed by atoms with Crippen molar-refractivity contribution in [3.8, 4) is 0 Å².